The number of sulfone groups is 1. The SMILES string of the molecule is Cc1cccc(Oc2ccc(S(=O)(=O)N3CCC(S(=O)(=O)c4ccc(F)cc4)CC3)cc2)c1. The molecule has 0 N–H and O–H groups in total. The monoisotopic (exact) mass is 489 g/mol. The summed E-state index contributed by atoms with van der Waals surface area (Å²) in [7, 11) is -7.42. The maximum atomic E-state index is 13.1. The Morgan fingerprint density at radius 1 is 0.818 bits per heavy atom. The first-order valence-corrected chi connectivity index (χ1v) is 13.5. The number of aryl methyl sites for hydroxylation is 1. The van der Waals surface area contributed by atoms with Crippen LogP contribution in [0.25, 0.3) is 0 Å². The van der Waals surface area contributed by atoms with E-state index in [0.29, 0.717) is 11.5 Å². The number of piperidine rings is 1. The molecule has 0 bridgehead atoms. The van der Waals surface area contributed by atoms with Crippen molar-refractivity contribution in [2.24, 2.45) is 0 Å². The van der Waals surface area contributed by atoms with E-state index in [1.54, 1.807) is 12.1 Å². The molecule has 3 aromatic rings. The van der Waals surface area contributed by atoms with Crippen LogP contribution in [-0.2, 0) is 19.9 Å². The highest BCUT2D eigenvalue weighted by atomic mass is 32.2. The number of rotatable bonds is 6. The van der Waals surface area contributed by atoms with Crippen LogP contribution in [0.3, 0.4) is 0 Å². The molecule has 0 radical (unpaired) electrons. The van der Waals surface area contributed by atoms with E-state index >= 15 is 0 Å². The van der Waals surface area contributed by atoms with Gasteiger partial charge in [0.05, 0.1) is 15.0 Å². The summed E-state index contributed by atoms with van der Waals surface area (Å²) in [6.45, 7) is 2.14. The fourth-order valence-corrected chi connectivity index (χ4v) is 7.04. The number of ether oxygens (including phenoxy) is 1. The van der Waals surface area contributed by atoms with E-state index in [-0.39, 0.29) is 35.7 Å². The topological polar surface area (TPSA) is 80.8 Å². The van der Waals surface area contributed by atoms with E-state index in [4.69, 9.17) is 4.74 Å². The largest absolute Gasteiger partial charge is 0.457 e. The molecule has 1 fully saturated rings. The van der Waals surface area contributed by atoms with Gasteiger partial charge in [0.2, 0.25) is 10.0 Å². The second kappa shape index (κ2) is 9.24. The van der Waals surface area contributed by atoms with Crippen LogP contribution in [0, 0.1) is 12.7 Å². The molecule has 33 heavy (non-hydrogen) atoms. The van der Waals surface area contributed by atoms with Crippen molar-refractivity contribution in [3.05, 3.63) is 84.2 Å². The van der Waals surface area contributed by atoms with Crippen molar-refractivity contribution in [3.8, 4) is 11.5 Å². The van der Waals surface area contributed by atoms with Crippen molar-refractivity contribution >= 4 is 19.9 Å². The fourth-order valence-electron chi connectivity index (χ4n) is 3.84. The van der Waals surface area contributed by atoms with E-state index in [1.165, 1.54) is 28.6 Å². The number of benzene rings is 3. The lowest BCUT2D eigenvalue weighted by atomic mass is 10.2. The van der Waals surface area contributed by atoms with Gasteiger partial charge in [-0.05, 0) is 86.0 Å². The van der Waals surface area contributed by atoms with Crippen LogP contribution in [0.15, 0.2) is 82.6 Å². The standard InChI is InChI=1S/C24H24FNO5S2/c1-18-3-2-4-21(17-18)31-20-7-11-24(12-8-20)33(29,30)26-15-13-23(14-16-26)32(27,28)22-9-5-19(25)6-10-22/h2-12,17,23H,13-16H2,1H3. The van der Waals surface area contributed by atoms with Crippen molar-refractivity contribution in [2.75, 3.05) is 13.1 Å². The Bertz CT molecular complexity index is 1330. The third kappa shape index (κ3) is 5.10. The normalized spacial score (nSPS) is 15.9. The predicted octanol–water partition coefficient (Wildman–Crippen LogP) is 4.55. The molecular weight excluding hydrogens is 465 g/mol. The van der Waals surface area contributed by atoms with Crippen LogP contribution < -0.4 is 4.74 Å². The Hall–Kier alpha value is -2.75. The Labute approximate surface area is 193 Å². The zero-order valence-electron chi connectivity index (χ0n) is 18.0. The van der Waals surface area contributed by atoms with Crippen LogP contribution in [-0.4, -0.2) is 39.5 Å². The number of halogens is 1. The summed E-state index contributed by atoms with van der Waals surface area (Å²) < 4.78 is 72.0. The second-order valence-electron chi connectivity index (χ2n) is 7.99. The fraction of sp³-hybridized carbons (Fsp3) is 0.250. The van der Waals surface area contributed by atoms with Crippen molar-refractivity contribution in [1.82, 2.24) is 4.31 Å². The lowest BCUT2D eigenvalue weighted by molar-refractivity contribution is 0.345. The molecule has 1 aliphatic rings. The molecule has 0 spiro atoms. The van der Waals surface area contributed by atoms with E-state index in [9.17, 15) is 21.2 Å². The minimum absolute atomic E-state index is 0.0504. The molecule has 6 nitrogen and oxygen atoms in total. The minimum Gasteiger partial charge on any atom is -0.457 e. The van der Waals surface area contributed by atoms with Crippen LogP contribution >= 0.6 is 0 Å². The Kier molecular flexibility index (Phi) is 6.56. The molecule has 1 heterocycles. The number of nitrogens with zero attached hydrogens (tertiary/aromatic N) is 1. The zero-order valence-corrected chi connectivity index (χ0v) is 19.6. The molecule has 0 aromatic heterocycles. The Morgan fingerprint density at radius 2 is 1.42 bits per heavy atom. The third-order valence-electron chi connectivity index (χ3n) is 5.67. The van der Waals surface area contributed by atoms with Gasteiger partial charge in [0, 0.05) is 13.1 Å². The number of hydrogen-bond donors (Lipinski definition) is 0. The molecule has 3 aromatic carbocycles. The van der Waals surface area contributed by atoms with E-state index in [1.807, 2.05) is 31.2 Å². The summed E-state index contributed by atoms with van der Waals surface area (Å²) in [5.74, 6) is 0.670. The van der Waals surface area contributed by atoms with Crippen LogP contribution in [0.1, 0.15) is 18.4 Å². The molecule has 0 atom stereocenters. The van der Waals surface area contributed by atoms with Crippen molar-refractivity contribution in [1.29, 1.82) is 0 Å². The van der Waals surface area contributed by atoms with Gasteiger partial charge >= 0.3 is 0 Å². The number of hydrogen-bond acceptors (Lipinski definition) is 5. The average Bonchev–Trinajstić information content (AvgIpc) is 2.80. The van der Waals surface area contributed by atoms with Gasteiger partial charge in [-0.1, -0.05) is 12.1 Å². The molecular formula is C24H24FNO5S2. The lowest BCUT2D eigenvalue weighted by Crippen LogP contribution is -2.42. The van der Waals surface area contributed by atoms with Gasteiger partial charge in [0.25, 0.3) is 0 Å². The van der Waals surface area contributed by atoms with Crippen molar-refractivity contribution in [3.63, 3.8) is 0 Å². The molecule has 1 saturated heterocycles. The average molecular weight is 490 g/mol. The van der Waals surface area contributed by atoms with Gasteiger partial charge in [-0.15, -0.1) is 0 Å². The van der Waals surface area contributed by atoms with Crippen LogP contribution in [0.4, 0.5) is 4.39 Å². The first kappa shape index (κ1) is 23.4. The highest BCUT2D eigenvalue weighted by Crippen LogP contribution is 2.29. The van der Waals surface area contributed by atoms with Gasteiger partial charge in [-0.25, -0.2) is 21.2 Å². The number of sulfonamides is 1. The molecule has 0 aliphatic carbocycles. The van der Waals surface area contributed by atoms with E-state index < -0.39 is 30.9 Å². The quantitative estimate of drug-likeness (QED) is 0.475. The van der Waals surface area contributed by atoms with Gasteiger partial charge < -0.3 is 4.74 Å². The van der Waals surface area contributed by atoms with E-state index in [0.717, 1.165) is 17.7 Å². The molecule has 1 aliphatic heterocycles. The minimum atomic E-state index is -3.76. The zero-order chi connectivity index (χ0) is 23.6. The Balaban J connectivity index is 1.43. The van der Waals surface area contributed by atoms with Gasteiger partial charge in [0.1, 0.15) is 17.3 Å². The molecule has 0 saturated carbocycles. The lowest BCUT2D eigenvalue weighted by Gasteiger charge is -2.31. The summed E-state index contributed by atoms with van der Waals surface area (Å²) in [6, 6.07) is 18.4. The third-order valence-corrected chi connectivity index (χ3v) is 9.86. The van der Waals surface area contributed by atoms with Crippen LogP contribution in [0.5, 0.6) is 11.5 Å². The predicted molar refractivity (Wildman–Crippen MR) is 123 cm³/mol. The smallest absolute Gasteiger partial charge is 0.243 e. The highest BCUT2D eigenvalue weighted by molar-refractivity contribution is 7.92. The summed E-state index contributed by atoms with van der Waals surface area (Å²) in [6.07, 6.45) is 0.348. The summed E-state index contributed by atoms with van der Waals surface area (Å²) in [5.41, 5.74) is 1.05. The van der Waals surface area contributed by atoms with Gasteiger partial charge in [0.15, 0.2) is 9.84 Å². The molecule has 0 amide bonds. The van der Waals surface area contributed by atoms with Gasteiger partial charge in [-0.3, -0.25) is 0 Å². The first-order chi connectivity index (χ1) is 15.7. The Morgan fingerprint density at radius 3 is 2.03 bits per heavy atom. The van der Waals surface area contributed by atoms with Crippen molar-refractivity contribution < 1.29 is 26.0 Å². The summed E-state index contributed by atoms with van der Waals surface area (Å²) in [4.78, 5) is 0.174. The maximum Gasteiger partial charge on any atom is 0.243 e. The summed E-state index contributed by atoms with van der Waals surface area (Å²) in [5, 5.41) is -0.709. The highest BCUT2D eigenvalue weighted by Gasteiger charge is 2.35. The first-order valence-electron chi connectivity index (χ1n) is 10.5. The van der Waals surface area contributed by atoms with E-state index in [2.05, 4.69) is 0 Å². The molecule has 4 rings (SSSR count). The molecule has 0 unspecified atom stereocenters. The molecule has 174 valence electrons. The van der Waals surface area contributed by atoms with Crippen LogP contribution in [0.2, 0.25) is 0 Å². The van der Waals surface area contributed by atoms with Gasteiger partial charge in [-0.2, -0.15) is 4.31 Å². The molecule has 9 heteroatoms. The summed E-state index contributed by atoms with van der Waals surface area (Å²) >= 11 is 0. The maximum absolute atomic E-state index is 13.1. The van der Waals surface area contributed by atoms with Crippen molar-refractivity contribution in [2.45, 2.75) is 34.8 Å². The second-order valence-corrected chi connectivity index (χ2v) is 12.2.